The van der Waals surface area contributed by atoms with Crippen molar-refractivity contribution in [3.63, 3.8) is 0 Å². The van der Waals surface area contributed by atoms with E-state index in [4.69, 9.17) is 4.74 Å². The predicted octanol–water partition coefficient (Wildman–Crippen LogP) is 4.28. The number of anilines is 1. The lowest BCUT2D eigenvalue weighted by Gasteiger charge is -2.31. The number of nitrogens with one attached hydrogen (secondary N) is 1. The van der Waals surface area contributed by atoms with E-state index >= 15 is 0 Å². The summed E-state index contributed by atoms with van der Waals surface area (Å²) in [5.41, 5.74) is 1.42. The molecule has 0 radical (unpaired) electrons. The lowest BCUT2D eigenvalue weighted by atomic mass is 9.91. The van der Waals surface area contributed by atoms with E-state index in [-0.39, 0.29) is 21.2 Å². The molecule has 1 heterocycles. The quantitative estimate of drug-likeness (QED) is 0.481. The van der Waals surface area contributed by atoms with Crippen molar-refractivity contribution in [1.82, 2.24) is 4.31 Å². The predicted molar refractivity (Wildman–Crippen MR) is 132 cm³/mol. The largest absolute Gasteiger partial charge is 0.494 e. The van der Waals surface area contributed by atoms with Crippen LogP contribution in [-0.2, 0) is 26.5 Å². The number of methoxy groups -OCH3 is 1. The van der Waals surface area contributed by atoms with Gasteiger partial charge in [0.05, 0.1) is 16.9 Å². The minimum absolute atomic E-state index is 0.0670. The Labute approximate surface area is 205 Å². The van der Waals surface area contributed by atoms with Crippen molar-refractivity contribution in [2.45, 2.75) is 29.1 Å². The molecule has 0 aliphatic carbocycles. The maximum Gasteiger partial charge on any atom is 0.262 e. The van der Waals surface area contributed by atoms with Crippen LogP contribution in [-0.4, -0.2) is 41.3 Å². The third-order valence-corrected chi connectivity index (χ3v) is 9.41. The highest BCUT2D eigenvalue weighted by atomic mass is 32.2. The smallest absolute Gasteiger partial charge is 0.262 e. The normalized spacial score (nSPS) is 15.6. The molecule has 0 bridgehead atoms. The molecular weight excluding hydrogens is 491 g/mol. The van der Waals surface area contributed by atoms with E-state index in [1.165, 1.54) is 53.4 Å². The topological polar surface area (TPSA) is 92.8 Å². The van der Waals surface area contributed by atoms with Crippen LogP contribution in [0.3, 0.4) is 0 Å². The van der Waals surface area contributed by atoms with Crippen LogP contribution in [0.15, 0.2) is 82.6 Å². The number of sulfonamides is 2. The minimum Gasteiger partial charge on any atom is -0.494 e. The Morgan fingerprint density at radius 3 is 2.14 bits per heavy atom. The van der Waals surface area contributed by atoms with Crippen molar-refractivity contribution in [1.29, 1.82) is 0 Å². The van der Waals surface area contributed by atoms with Gasteiger partial charge in [-0.05, 0) is 73.2 Å². The number of hydrogen-bond donors (Lipinski definition) is 1. The molecule has 1 N–H and O–H groups in total. The Hall–Kier alpha value is -2.95. The Morgan fingerprint density at radius 2 is 1.54 bits per heavy atom. The summed E-state index contributed by atoms with van der Waals surface area (Å²) in [5.74, 6) is -0.435. The number of halogens is 1. The Balaban J connectivity index is 1.40. The summed E-state index contributed by atoms with van der Waals surface area (Å²) in [7, 11) is -6.47. The van der Waals surface area contributed by atoms with Gasteiger partial charge < -0.3 is 4.74 Å². The van der Waals surface area contributed by atoms with Crippen LogP contribution in [0.25, 0.3) is 0 Å². The first-order valence-electron chi connectivity index (χ1n) is 11.2. The van der Waals surface area contributed by atoms with E-state index in [2.05, 4.69) is 16.9 Å². The van der Waals surface area contributed by atoms with Gasteiger partial charge in [-0.15, -0.1) is 0 Å². The van der Waals surface area contributed by atoms with Crippen LogP contribution < -0.4 is 9.46 Å². The van der Waals surface area contributed by atoms with Crippen LogP contribution in [0, 0.1) is 11.7 Å². The first kappa shape index (κ1) is 25.2. The summed E-state index contributed by atoms with van der Waals surface area (Å²) in [6.45, 7) is 0.883. The molecule has 3 aromatic rings. The molecule has 10 heteroatoms. The summed E-state index contributed by atoms with van der Waals surface area (Å²) in [6.07, 6.45) is 2.50. The highest BCUT2D eigenvalue weighted by Gasteiger charge is 2.29. The Morgan fingerprint density at radius 1 is 0.914 bits per heavy atom. The van der Waals surface area contributed by atoms with Gasteiger partial charge in [0.2, 0.25) is 10.0 Å². The van der Waals surface area contributed by atoms with Crippen molar-refractivity contribution in [3.8, 4) is 5.75 Å². The van der Waals surface area contributed by atoms with Crippen molar-refractivity contribution in [3.05, 3.63) is 84.2 Å². The van der Waals surface area contributed by atoms with Crippen LogP contribution in [0.2, 0.25) is 0 Å². The number of ether oxygens (including phenoxy) is 1. The fourth-order valence-corrected chi connectivity index (χ4v) is 6.71. The van der Waals surface area contributed by atoms with Gasteiger partial charge >= 0.3 is 0 Å². The highest BCUT2D eigenvalue weighted by molar-refractivity contribution is 7.92. The molecule has 1 aliphatic heterocycles. The van der Waals surface area contributed by atoms with Crippen LogP contribution in [0.1, 0.15) is 18.4 Å². The standard InChI is InChI=1S/C25H27FN2O5S2/c1-33-25-12-11-23(18-24(25)26)34(29,30)27-21-7-9-22(10-8-21)35(31,32)28-15-13-20(14-16-28)17-19-5-3-2-4-6-19/h2-12,18,20,27H,13-17H2,1H3. The van der Waals surface area contributed by atoms with Crippen molar-refractivity contribution < 1.29 is 26.0 Å². The van der Waals surface area contributed by atoms with Gasteiger partial charge in [0.25, 0.3) is 10.0 Å². The first-order chi connectivity index (χ1) is 16.7. The van der Waals surface area contributed by atoms with E-state index in [1.54, 1.807) is 0 Å². The first-order valence-corrected chi connectivity index (χ1v) is 14.1. The zero-order valence-corrected chi connectivity index (χ0v) is 20.9. The van der Waals surface area contributed by atoms with Crippen LogP contribution >= 0.6 is 0 Å². The van der Waals surface area contributed by atoms with Gasteiger partial charge in [-0.2, -0.15) is 4.31 Å². The molecule has 1 fully saturated rings. The average Bonchev–Trinajstić information content (AvgIpc) is 2.85. The number of benzene rings is 3. The molecule has 1 saturated heterocycles. The van der Waals surface area contributed by atoms with Crippen LogP contribution in [0.5, 0.6) is 5.75 Å². The van der Waals surface area contributed by atoms with Crippen molar-refractivity contribution >= 4 is 25.7 Å². The second-order valence-electron chi connectivity index (χ2n) is 8.46. The Kier molecular flexibility index (Phi) is 7.44. The minimum atomic E-state index is -4.07. The molecule has 4 rings (SSSR count). The highest BCUT2D eigenvalue weighted by Crippen LogP contribution is 2.28. The second kappa shape index (κ2) is 10.3. The molecule has 0 spiro atoms. The van der Waals surface area contributed by atoms with Gasteiger partial charge in [-0.3, -0.25) is 4.72 Å². The summed E-state index contributed by atoms with van der Waals surface area (Å²) >= 11 is 0. The lowest BCUT2D eigenvalue weighted by Crippen LogP contribution is -2.38. The summed E-state index contributed by atoms with van der Waals surface area (Å²) in [4.78, 5) is -0.177. The van der Waals surface area contributed by atoms with E-state index < -0.39 is 25.9 Å². The maximum absolute atomic E-state index is 13.9. The molecule has 0 saturated carbocycles. The van der Waals surface area contributed by atoms with Crippen molar-refractivity contribution in [2.75, 3.05) is 24.9 Å². The fourth-order valence-electron chi connectivity index (χ4n) is 4.17. The molecule has 0 aromatic heterocycles. The second-order valence-corrected chi connectivity index (χ2v) is 12.1. The SMILES string of the molecule is COc1ccc(S(=O)(=O)Nc2ccc(S(=O)(=O)N3CCC(Cc4ccccc4)CC3)cc2)cc1F. The molecule has 3 aromatic carbocycles. The number of hydrogen-bond acceptors (Lipinski definition) is 5. The van der Waals surface area contributed by atoms with Crippen LogP contribution in [0.4, 0.5) is 10.1 Å². The van der Waals surface area contributed by atoms with Gasteiger partial charge in [-0.25, -0.2) is 21.2 Å². The van der Waals surface area contributed by atoms with E-state index in [0.717, 1.165) is 25.3 Å². The third kappa shape index (κ3) is 5.83. The van der Waals surface area contributed by atoms with E-state index in [1.807, 2.05) is 18.2 Å². The molecule has 0 atom stereocenters. The molecule has 1 aliphatic rings. The monoisotopic (exact) mass is 518 g/mol. The number of rotatable bonds is 8. The molecule has 35 heavy (non-hydrogen) atoms. The van der Waals surface area contributed by atoms with Gasteiger partial charge in [0.15, 0.2) is 11.6 Å². The number of nitrogens with zero attached hydrogens (tertiary/aromatic N) is 1. The van der Waals surface area contributed by atoms with Gasteiger partial charge in [-0.1, -0.05) is 30.3 Å². The number of piperidine rings is 1. The van der Waals surface area contributed by atoms with Crippen molar-refractivity contribution in [2.24, 2.45) is 5.92 Å². The fraction of sp³-hybridized carbons (Fsp3) is 0.280. The third-order valence-electron chi connectivity index (χ3n) is 6.12. The molecule has 186 valence electrons. The summed E-state index contributed by atoms with van der Waals surface area (Å²) in [6, 6.07) is 19.0. The lowest BCUT2D eigenvalue weighted by molar-refractivity contribution is 0.273. The molecule has 0 unspecified atom stereocenters. The molecule has 7 nitrogen and oxygen atoms in total. The van der Waals surface area contributed by atoms with Gasteiger partial charge in [0.1, 0.15) is 0 Å². The van der Waals surface area contributed by atoms with Gasteiger partial charge in [0, 0.05) is 18.8 Å². The van der Waals surface area contributed by atoms with E-state index in [0.29, 0.717) is 19.0 Å². The summed E-state index contributed by atoms with van der Waals surface area (Å²) < 4.78 is 74.0. The molecule has 0 amide bonds. The average molecular weight is 519 g/mol. The zero-order chi connectivity index (χ0) is 25.1. The Bertz CT molecular complexity index is 1370. The zero-order valence-electron chi connectivity index (χ0n) is 19.2. The summed E-state index contributed by atoms with van der Waals surface area (Å²) in [5, 5.41) is 0. The van der Waals surface area contributed by atoms with E-state index in [9.17, 15) is 21.2 Å². The molecular formula is C25H27FN2O5S2. The maximum atomic E-state index is 13.9.